The fraction of sp³-hybridized carbons (Fsp3) is 0.182. The van der Waals surface area contributed by atoms with Gasteiger partial charge in [-0.2, -0.15) is 0 Å². The monoisotopic (exact) mass is 421 g/mol. The molecule has 0 bridgehead atoms. The van der Waals surface area contributed by atoms with Gasteiger partial charge in [0, 0.05) is 17.5 Å². The van der Waals surface area contributed by atoms with E-state index in [0.717, 1.165) is 16.9 Å². The third kappa shape index (κ3) is 3.81. The maximum Gasteiger partial charge on any atom is 0.357 e. The topological polar surface area (TPSA) is 88.6 Å². The van der Waals surface area contributed by atoms with Crippen molar-refractivity contribution in [2.24, 2.45) is 0 Å². The summed E-state index contributed by atoms with van der Waals surface area (Å²) in [6, 6.07) is 15.6. The van der Waals surface area contributed by atoms with E-state index >= 15 is 0 Å². The number of ether oxygens (including phenoxy) is 1. The van der Waals surface area contributed by atoms with Crippen molar-refractivity contribution in [1.82, 2.24) is 9.88 Å². The van der Waals surface area contributed by atoms with Crippen molar-refractivity contribution >= 4 is 34.3 Å². The zero-order valence-electron chi connectivity index (χ0n) is 16.2. The molecular formula is C22H19N3O4S. The largest absolute Gasteiger partial charge is 0.461 e. The number of fused-ring (bicyclic) bond motifs is 1. The number of aromatic nitrogens is 1. The molecule has 1 aliphatic heterocycles. The maximum absolute atomic E-state index is 13.2. The molecule has 1 aliphatic rings. The van der Waals surface area contributed by atoms with E-state index in [1.54, 1.807) is 17.9 Å². The summed E-state index contributed by atoms with van der Waals surface area (Å²) < 4.78 is 4.93. The Hall–Kier alpha value is -3.52. The van der Waals surface area contributed by atoms with Gasteiger partial charge in [-0.1, -0.05) is 48.5 Å². The van der Waals surface area contributed by atoms with Crippen molar-refractivity contribution in [3.8, 4) is 0 Å². The summed E-state index contributed by atoms with van der Waals surface area (Å²) in [4.78, 5) is 43.8. The number of nitrogens with one attached hydrogen (secondary N) is 1. The van der Waals surface area contributed by atoms with E-state index in [-0.39, 0.29) is 23.3 Å². The molecule has 1 N–H and O–H groups in total. The minimum Gasteiger partial charge on any atom is -0.461 e. The van der Waals surface area contributed by atoms with Crippen LogP contribution in [0.3, 0.4) is 0 Å². The molecule has 0 spiro atoms. The van der Waals surface area contributed by atoms with Crippen LogP contribution in [-0.2, 0) is 16.1 Å². The van der Waals surface area contributed by atoms with Crippen molar-refractivity contribution in [3.63, 3.8) is 0 Å². The fourth-order valence-corrected chi connectivity index (χ4v) is 4.08. The lowest BCUT2D eigenvalue weighted by Crippen LogP contribution is -2.37. The lowest BCUT2D eigenvalue weighted by Gasteiger charge is -2.27. The Morgan fingerprint density at radius 1 is 1.17 bits per heavy atom. The molecular weight excluding hydrogens is 402 g/mol. The molecule has 152 valence electrons. The third-order valence-corrected chi connectivity index (χ3v) is 5.50. The van der Waals surface area contributed by atoms with E-state index in [1.807, 2.05) is 48.5 Å². The molecule has 0 fully saturated rings. The first kappa shape index (κ1) is 19.8. The number of anilines is 1. The average Bonchev–Trinajstić information content (AvgIpc) is 3.35. The molecule has 0 saturated heterocycles. The standard InChI is InChI=1S/C22H19N3O4S/c1-2-29-21(28)17-13-30-22(23-17)24-19(26)18(14-8-4-3-5-9-14)25-12-15-10-6-7-11-16(15)20(25)27/h3-11,13,18H,2,12H2,1H3,(H,23,24,26). The van der Waals surface area contributed by atoms with E-state index in [9.17, 15) is 14.4 Å². The number of carbonyl (C=O) groups is 3. The molecule has 2 amide bonds. The quantitative estimate of drug-likeness (QED) is 0.614. The van der Waals surface area contributed by atoms with Gasteiger partial charge < -0.3 is 9.64 Å². The Morgan fingerprint density at radius 2 is 1.90 bits per heavy atom. The van der Waals surface area contributed by atoms with Gasteiger partial charge in [0.05, 0.1) is 6.61 Å². The molecule has 7 nitrogen and oxygen atoms in total. The normalized spacial score (nSPS) is 13.6. The Kier molecular flexibility index (Phi) is 5.58. The summed E-state index contributed by atoms with van der Waals surface area (Å²) >= 11 is 1.13. The van der Waals surface area contributed by atoms with Gasteiger partial charge in [0.2, 0.25) is 0 Å². The number of rotatable bonds is 6. The smallest absolute Gasteiger partial charge is 0.357 e. The number of hydrogen-bond acceptors (Lipinski definition) is 6. The third-order valence-electron chi connectivity index (χ3n) is 4.74. The second-order valence-corrected chi connectivity index (χ2v) is 7.51. The predicted molar refractivity (Wildman–Crippen MR) is 112 cm³/mol. The van der Waals surface area contributed by atoms with Crippen LogP contribution in [0.15, 0.2) is 60.0 Å². The molecule has 1 aromatic heterocycles. The van der Waals surface area contributed by atoms with Crippen LogP contribution in [0.1, 0.15) is 44.9 Å². The van der Waals surface area contributed by atoms with Gasteiger partial charge in [0.25, 0.3) is 11.8 Å². The van der Waals surface area contributed by atoms with Gasteiger partial charge >= 0.3 is 5.97 Å². The number of thiazole rings is 1. The number of carbonyl (C=O) groups excluding carboxylic acids is 3. The van der Waals surface area contributed by atoms with E-state index < -0.39 is 17.9 Å². The predicted octanol–water partition coefficient (Wildman–Crippen LogP) is 3.66. The minimum absolute atomic E-state index is 0.137. The second-order valence-electron chi connectivity index (χ2n) is 6.65. The van der Waals surface area contributed by atoms with Crippen molar-refractivity contribution in [3.05, 3.63) is 82.4 Å². The van der Waals surface area contributed by atoms with Gasteiger partial charge in [0.15, 0.2) is 10.8 Å². The van der Waals surface area contributed by atoms with E-state index in [2.05, 4.69) is 10.3 Å². The average molecular weight is 421 g/mol. The van der Waals surface area contributed by atoms with Crippen LogP contribution in [0.4, 0.5) is 5.13 Å². The molecule has 4 rings (SSSR count). The molecule has 0 radical (unpaired) electrons. The zero-order chi connectivity index (χ0) is 21.1. The van der Waals surface area contributed by atoms with Crippen LogP contribution < -0.4 is 5.32 Å². The molecule has 30 heavy (non-hydrogen) atoms. The SMILES string of the molecule is CCOC(=O)c1csc(NC(=O)C(c2ccccc2)N2Cc3ccccc3C2=O)n1. The van der Waals surface area contributed by atoms with Crippen molar-refractivity contribution < 1.29 is 19.1 Å². The molecule has 8 heteroatoms. The Balaban J connectivity index is 1.61. The highest BCUT2D eigenvalue weighted by Crippen LogP contribution is 2.32. The summed E-state index contributed by atoms with van der Waals surface area (Å²) in [5.41, 5.74) is 2.32. The molecule has 0 saturated carbocycles. The van der Waals surface area contributed by atoms with Crippen LogP contribution in [0.5, 0.6) is 0 Å². The minimum atomic E-state index is -0.832. The summed E-state index contributed by atoms with van der Waals surface area (Å²) in [5, 5.41) is 4.55. The number of esters is 1. The van der Waals surface area contributed by atoms with Crippen molar-refractivity contribution in [1.29, 1.82) is 0 Å². The van der Waals surface area contributed by atoms with Gasteiger partial charge in [-0.15, -0.1) is 11.3 Å². The van der Waals surface area contributed by atoms with E-state index in [0.29, 0.717) is 17.7 Å². The number of hydrogen-bond donors (Lipinski definition) is 1. The zero-order valence-corrected chi connectivity index (χ0v) is 17.0. The Labute approximate surface area is 177 Å². The molecule has 1 atom stereocenters. The summed E-state index contributed by atoms with van der Waals surface area (Å²) in [6.45, 7) is 2.29. The van der Waals surface area contributed by atoms with Gasteiger partial charge in [-0.3, -0.25) is 14.9 Å². The number of nitrogens with zero attached hydrogens (tertiary/aromatic N) is 2. The first-order chi connectivity index (χ1) is 14.6. The lowest BCUT2D eigenvalue weighted by atomic mass is 10.0. The summed E-state index contributed by atoms with van der Waals surface area (Å²) in [6.07, 6.45) is 0. The first-order valence-corrected chi connectivity index (χ1v) is 10.3. The van der Waals surface area contributed by atoms with Crippen LogP contribution in [0.25, 0.3) is 0 Å². The van der Waals surface area contributed by atoms with Crippen LogP contribution in [-0.4, -0.2) is 34.3 Å². The van der Waals surface area contributed by atoms with Crippen molar-refractivity contribution in [2.45, 2.75) is 19.5 Å². The van der Waals surface area contributed by atoms with Crippen LogP contribution in [0, 0.1) is 0 Å². The summed E-state index contributed by atoms with van der Waals surface area (Å²) in [5.74, 6) is -1.13. The van der Waals surface area contributed by atoms with Gasteiger partial charge in [-0.05, 0) is 24.1 Å². The molecule has 2 aromatic carbocycles. The van der Waals surface area contributed by atoms with Crippen LogP contribution >= 0.6 is 11.3 Å². The molecule has 0 aliphatic carbocycles. The molecule has 3 aromatic rings. The number of amides is 2. The van der Waals surface area contributed by atoms with Crippen LogP contribution in [0.2, 0.25) is 0 Å². The highest BCUT2D eigenvalue weighted by Gasteiger charge is 2.37. The lowest BCUT2D eigenvalue weighted by molar-refractivity contribution is -0.120. The highest BCUT2D eigenvalue weighted by molar-refractivity contribution is 7.14. The summed E-state index contributed by atoms with van der Waals surface area (Å²) in [7, 11) is 0. The fourth-order valence-electron chi connectivity index (χ4n) is 3.40. The first-order valence-electron chi connectivity index (χ1n) is 9.45. The molecule has 2 heterocycles. The van der Waals surface area contributed by atoms with E-state index in [4.69, 9.17) is 4.74 Å². The van der Waals surface area contributed by atoms with E-state index in [1.165, 1.54) is 5.38 Å². The van der Waals surface area contributed by atoms with Gasteiger partial charge in [-0.25, -0.2) is 9.78 Å². The second kappa shape index (κ2) is 8.46. The van der Waals surface area contributed by atoms with Crippen molar-refractivity contribution in [2.75, 3.05) is 11.9 Å². The highest BCUT2D eigenvalue weighted by atomic mass is 32.1. The Bertz CT molecular complexity index is 1100. The maximum atomic E-state index is 13.2. The van der Waals surface area contributed by atoms with Gasteiger partial charge in [0.1, 0.15) is 6.04 Å². The number of benzene rings is 2. The molecule has 1 unspecified atom stereocenters. The Morgan fingerprint density at radius 3 is 2.63 bits per heavy atom.